The Morgan fingerprint density at radius 1 is 1.44 bits per heavy atom. The fraction of sp³-hybridized carbons (Fsp3) is 0.462. The molecule has 0 aliphatic carbocycles. The van der Waals surface area contributed by atoms with Crippen LogP contribution in [-0.4, -0.2) is 38.8 Å². The average molecular weight is 252 g/mol. The molecule has 0 saturated carbocycles. The molecular formula is C13H20N2O3. The molecule has 100 valence electrons. The molecular weight excluding hydrogens is 232 g/mol. The summed E-state index contributed by atoms with van der Waals surface area (Å²) in [6, 6.07) is 5.96. The van der Waals surface area contributed by atoms with Gasteiger partial charge < -0.3 is 20.1 Å². The lowest BCUT2D eigenvalue weighted by Crippen LogP contribution is -2.18. The van der Waals surface area contributed by atoms with Crippen LogP contribution < -0.4 is 15.0 Å². The number of hydrogen-bond donors (Lipinski definition) is 2. The summed E-state index contributed by atoms with van der Waals surface area (Å²) in [7, 11) is 5.56. The fourth-order valence-corrected chi connectivity index (χ4v) is 1.63. The van der Waals surface area contributed by atoms with Crippen LogP contribution in [0.5, 0.6) is 5.75 Å². The monoisotopic (exact) mass is 252 g/mol. The minimum Gasteiger partial charge on any atom is -0.495 e. The Kier molecular flexibility index (Phi) is 5.45. The number of aliphatic carboxylic acids is 1. The Morgan fingerprint density at radius 3 is 2.72 bits per heavy atom. The summed E-state index contributed by atoms with van der Waals surface area (Å²) in [4.78, 5) is 12.4. The predicted molar refractivity (Wildman–Crippen MR) is 71.3 cm³/mol. The number of rotatable bonds is 7. The number of ether oxygens (including phenoxy) is 1. The molecule has 0 aliphatic heterocycles. The van der Waals surface area contributed by atoms with Crippen molar-refractivity contribution in [2.45, 2.75) is 13.0 Å². The van der Waals surface area contributed by atoms with E-state index in [4.69, 9.17) is 9.84 Å². The van der Waals surface area contributed by atoms with E-state index in [0.717, 1.165) is 17.0 Å². The minimum absolute atomic E-state index is 0.132. The molecule has 0 unspecified atom stereocenters. The molecule has 0 fully saturated rings. The van der Waals surface area contributed by atoms with E-state index in [0.29, 0.717) is 13.1 Å². The Bertz CT molecular complexity index is 405. The number of nitrogens with one attached hydrogen (secondary N) is 1. The van der Waals surface area contributed by atoms with Gasteiger partial charge in [0.25, 0.3) is 0 Å². The van der Waals surface area contributed by atoms with Crippen LogP contribution in [0.4, 0.5) is 5.69 Å². The van der Waals surface area contributed by atoms with Crippen molar-refractivity contribution in [3.05, 3.63) is 23.8 Å². The minimum atomic E-state index is -0.789. The van der Waals surface area contributed by atoms with E-state index in [1.165, 1.54) is 0 Å². The van der Waals surface area contributed by atoms with Crippen LogP contribution in [0.3, 0.4) is 0 Å². The SMILES string of the molecule is COc1cc(CNCCC(=O)O)ccc1N(C)C. The van der Waals surface area contributed by atoms with Gasteiger partial charge in [0.05, 0.1) is 19.2 Å². The number of methoxy groups -OCH3 is 1. The quantitative estimate of drug-likeness (QED) is 0.717. The van der Waals surface area contributed by atoms with Gasteiger partial charge in [-0.3, -0.25) is 4.79 Å². The molecule has 1 aromatic rings. The summed E-state index contributed by atoms with van der Waals surface area (Å²) in [5, 5.41) is 11.6. The maximum Gasteiger partial charge on any atom is 0.304 e. The van der Waals surface area contributed by atoms with E-state index >= 15 is 0 Å². The molecule has 5 heteroatoms. The standard InChI is InChI=1S/C13H20N2O3/c1-15(2)11-5-4-10(8-12(11)18-3)9-14-7-6-13(16)17/h4-5,8,14H,6-7,9H2,1-3H3,(H,16,17). The van der Waals surface area contributed by atoms with Gasteiger partial charge in [0.15, 0.2) is 0 Å². The van der Waals surface area contributed by atoms with Gasteiger partial charge in [-0.05, 0) is 17.7 Å². The number of carbonyl (C=O) groups is 1. The van der Waals surface area contributed by atoms with Gasteiger partial charge in [-0.25, -0.2) is 0 Å². The number of carboxylic acids is 1. The van der Waals surface area contributed by atoms with Crippen LogP contribution in [0.25, 0.3) is 0 Å². The first-order chi connectivity index (χ1) is 8.54. The Labute approximate surface area is 107 Å². The van der Waals surface area contributed by atoms with Gasteiger partial charge in [-0.15, -0.1) is 0 Å². The molecule has 5 nitrogen and oxygen atoms in total. The van der Waals surface area contributed by atoms with Crippen LogP contribution in [-0.2, 0) is 11.3 Å². The van der Waals surface area contributed by atoms with E-state index in [2.05, 4.69) is 5.32 Å². The van der Waals surface area contributed by atoms with Crippen molar-refractivity contribution in [2.24, 2.45) is 0 Å². The van der Waals surface area contributed by atoms with Gasteiger partial charge in [-0.2, -0.15) is 0 Å². The number of benzene rings is 1. The van der Waals surface area contributed by atoms with Gasteiger partial charge in [-0.1, -0.05) is 6.07 Å². The summed E-state index contributed by atoms with van der Waals surface area (Å²) in [6.07, 6.45) is 0.132. The van der Waals surface area contributed by atoms with Crippen molar-refractivity contribution in [2.75, 3.05) is 32.6 Å². The van der Waals surface area contributed by atoms with Crippen molar-refractivity contribution in [3.8, 4) is 5.75 Å². The van der Waals surface area contributed by atoms with Crippen molar-refractivity contribution in [1.82, 2.24) is 5.32 Å². The summed E-state index contributed by atoms with van der Waals surface area (Å²) in [6.45, 7) is 1.10. The zero-order chi connectivity index (χ0) is 13.5. The van der Waals surface area contributed by atoms with Crippen molar-refractivity contribution in [1.29, 1.82) is 0 Å². The highest BCUT2D eigenvalue weighted by Crippen LogP contribution is 2.27. The molecule has 2 N–H and O–H groups in total. The van der Waals surface area contributed by atoms with Crippen molar-refractivity contribution >= 4 is 11.7 Å². The average Bonchev–Trinajstić information content (AvgIpc) is 2.33. The highest BCUT2D eigenvalue weighted by atomic mass is 16.5. The van der Waals surface area contributed by atoms with E-state index < -0.39 is 5.97 Å². The van der Waals surface area contributed by atoms with Crippen LogP contribution in [0, 0.1) is 0 Å². The van der Waals surface area contributed by atoms with Crippen LogP contribution in [0.15, 0.2) is 18.2 Å². The van der Waals surface area contributed by atoms with Gasteiger partial charge in [0.1, 0.15) is 5.75 Å². The lowest BCUT2D eigenvalue weighted by molar-refractivity contribution is -0.136. The smallest absolute Gasteiger partial charge is 0.304 e. The first kappa shape index (κ1) is 14.3. The van der Waals surface area contributed by atoms with Crippen molar-refractivity contribution < 1.29 is 14.6 Å². The molecule has 1 aromatic carbocycles. The largest absolute Gasteiger partial charge is 0.495 e. The third kappa shape index (κ3) is 4.25. The zero-order valence-corrected chi connectivity index (χ0v) is 11.1. The summed E-state index contributed by atoms with van der Waals surface area (Å²) >= 11 is 0. The van der Waals surface area contributed by atoms with Gasteiger partial charge >= 0.3 is 5.97 Å². The number of anilines is 1. The highest BCUT2D eigenvalue weighted by Gasteiger charge is 2.06. The predicted octanol–water partition coefficient (Wildman–Crippen LogP) is 1.33. The lowest BCUT2D eigenvalue weighted by Gasteiger charge is -2.17. The van der Waals surface area contributed by atoms with E-state index in [1.807, 2.05) is 37.2 Å². The van der Waals surface area contributed by atoms with Crippen molar-refractivity contribution in [3.63, 3.8) is 0 Å². The molecule has 18 heavy (non-hydrogen) atoms. The molecule has 1 rings (SSSR count). The summed E-state index contributed by atoms with van der Waals surface area (Å²) in [5.41, 5.74) is 2.09. The summed E-state index contributed by atoms with van der Waals surface area (Å²) < 4.78 is 5.33. The van der Waals surface area contributed by atoms with E-state index in [-0.39, 0.29) is 6.42 Å². The molecule has 0 aliphatic rings. The number of hydrogen-bond acceptors (Lipinski definition) is 4. The van der Waals surface area contributed by atoms with Crippen LogP contribution >= 0.6 is 0 Å². The van der Waals surface area contributed by atoms with Gasteiger partial charge in [0, 0.05) is 27.2 Å². The first-order valence-electron chi connectivity index (χ1n) is 5.81. The Balaban J connectivity index is 2.59. The van der Waals surface area contributed by atoms with E-state index in [9.17, 15) is 4.79 Å². The topological polar surface area (TPSA) is 61.8 Å². The molecule has 0 spiro atoms. The molecule has 0 bridgehead atoms. The third-order valence-corrected chi connectivity index (χ3v) is 2.57. The Morgan fingerprint density at radius 2 is 2.17 bits per heavy atom. The maximum atomic E-state index is 10.4. The van der Waals surface area contributed by atoms with Gasteiger partial charge in [0.2, 0.25) is 0 Å². The molecule has 0 heterocycles. The summed E-state index contributed by atoms with van der Waals surface area (Å²) in [5.74, 6) is 0.0283. The molecule has 0 radical (unpaired) electrons. The first-order valence-corrected chi connectivity index (χ1v) is 5.81. The highest BCUT2D eigenvalue weighted by molar-refractivity contribution is 5.66. The second-order valence-corrected chi connectivity index (χ2v) is 4.22. The lowest BCUT2D eigenvalue weighted by atomic mass is 10.1. The molecule has 0 amide bonds. The second-order valence-electron chi connectivity index (χ2n) is 4.22. The Hall–Kier alpha value is -1.75. The number of nitrogens with zero attached hydrogens (tertiary/aromatic N) is 1. The normalized spacial score (nSPS) is 10.2. The second kappa shape index (κ2) is 6.86. The molecule has 0 atom stereocenters. The fourth-order valence-electron chi connectivity index (χ4n) is 1.63. The molecule has 0 saturated heterocycles. The maximum absolute atomic E-state index is 10.4. The van der Waals surface area contributed by atoms with E-state index in [1.54, 1.807) is 7.11 Å². The molecule has 0 aromatic heterocycles. The zero-order valence-electron chi connectivity index (χ0n) is 11.1. The third-order valence-electron chi connectivity index (χ3n) is 2.57. The van der Waals surface area contributed by atoms with Crippen LogP contribution in [0.1, 0.15) is 12.0 Å². The number of carboxylic acid groups (broad SMARTS) is 1. The van der Waals surface area contributed by atoms with Crippen LogP contribution in [0.2, 0.25) is 0 Å².